The number of rotatable bonds is 3. The van der Waals surface area contributed by atoms with Crippen molar-refractivity contribution in [1.82, 2.24) is 9.38 Å². The molecule has 2 aromatic heterocycles. The molecule has 84 valence electrons. The van der Waals surface area contributed by atoms with Gasteiger partial charge in [-0.3, -0.25) is 4.40 Å². The Kier molecular flexibility index (Phi) is 2.84. The van der Waals surface area contributed by atoms with Gasteiger partial charge in [-0.2, -0.15) is 0 Å². The van der Waals surface area contributed by atoms with Crippen molar-refractivity contribution in [3.8, 4) is 0 Å². The van der Waals surface area contributed by atoms with Crippen LogP contribution in [0.4, 0.5) is 0 Å². The fourth-order valence-corrected chi connectivity index (χ4v) is 3.00. The van der Waals surface area contributed by atoms with Crippen LogP contribution in [0.3, 0.4) is 0 Å². The van der Waals surface area contributed by atoms with Crippen LogP contribution in [-0.2, 0) is 4.74 Å². The Hall–Kier alpha value is -1.00. The highest BCUT2D eigenvalue weighted by atomic mass is 32.2. The van der Waals surface area contributed by atoms with Gasteiger partial charge in [0.2, 0.25) is 0 Å². The summed E-state index contributed by atoms with van der Waals surface area (Å²) in [6.45, 7) is 0.924. The van der Waals surface area contributed by atoms with E-state index in [2.05, 4.69) is 21.6 Å². The minimum absolute atomic E-state index is 0.418. The summed E-state index contributed by atoms with van der Waals surface area (Å²) < 4.78 is 7.73. The number of thioether (sulfide) groups is 1. The number of hydrogen-bond acceptors (Lipinski definition) is 3. The number of fused-ring (bicyclic) bond motifs is 1. The van der Waals surface area contributed by atoms with E-state index in [1.165, 1.54) is 12.8 Å². The Balaban J connectivity index is 1.73. The fourth-order valence-electron chi connectivity index (χ4n) is 1.97. The summed E-state index contributed by atoms with van der Waals surface area (Å²) in [5, 5.41) is 1.06. The maximum atomic E-state index is 5.61. The van der Waals surface area contributed by atoms with E-state index in [0.717, 1.165) is 23.0 Å². The zero-order chi connectivity index (χ0) is 10.8. The second-order valence-electron chi connectivity index (χ2n) is 3.98. The second kappa shape index (κ2) is 4.47. The van der Waals surface area contributed by atoms with Crippen molar-refractivity contribution >= 4 is 17.3 Å². The molecule has 1 saturated heterocycles. The molecule has 1 atom stereocenters. The van der Waals surface area contributed by atoms with Crippen molar-refractivity contribution in [3.05, 3.63) is 30.6 Å². The molecule has 0 bridgehead atoms. The molecule has 0 saturated carbocycles. The predicted octanol–water partition coefficient (Wildman–Crippen LogP) is 2.61. The molecule has 2 aromatic rings. The summed E-state index contributed by atoms with van der Waals surface area (Å²) in [4.78, 5) is 4.43. The van der Waals surface area contributed by atoms with Crippen LogP contribution in [0.5, 0.6) is 0 Å². The summed E-state index contributed by atoms with van der Waals surface area (Å²) in [6.07, 6.45) is 6.78. The standard InChI is InChI=1S/C12H14N2OS/c1-2-6-14-10(4-1)8-13-12(14)16-9-11-5-3-7-15-11/h1-2,4,6,8,11H,3,5,7,9H2. The third-order valence-electron chi connectivity index (χ3n) is 2.83. The van der Waals surface area contributed by atoms with Gasteiger partial charge in [-0.25, -0.2) is 4.98 Å². The Bertz CT molecular complexity index is 477. The van der Waals surface area contributed by atoms with E-state index in [9.17, 15) is 0 Å². The Morgan fingerprint density at radius 2 is 2.50 bits per heavy atom. The van der Waals surface area contributed by atoms with Gasteiger partial charge >= 0.3 is 0 Å². The molecule has 3 rings (SSSR count). The number of ether oxygens (including phenoxy) is 1. The normalized spacial score (nSPS) is 20.6. The van der Waals surface area contributed by atoms with Gasteiger partial charge in [-0.15, -0.1) is 0 Å². The molecule has 1 aliphatic heterocycles. The first kappa shape index (κ1) is 10.2. The Labute approximate surface area is 98.8 Å². The predicted molar refractivity (Wildman–Crippen MR) is 64.9 cm³/mol. The molecule has 3 nitrogen and oxygen atoms in total. The minimum Gasteiger partial charge on any atom is -0.377 e. The van der Waals surface area contributed by atoms with Crippen LogP contribution in [0.2, 0.25) is 0 Å². The SMILES string of the molecule is c1ccn2c(SCC3CCCO3)ncc2c1. The Morgan fingerprint density at radius 3 is 3.38 bits per heavy atom. The molecule has 0 aromatic carbocycles. The van der Waals surface area contributed by atoms with Crippen molar-refractivity contribution in [2.45, 2.75) is 24.1 Å². The van der Waals surface area contributed by atoms with Crippen LogP contribution >= 0.6 is 11.8 Å². The van der Waals surface area contributed by atoms with Crippen LogP contribution in [-0.4, -0.2) is 27.8 Å². The van der Waals surface area contributed by atoms with Gasteiger partial charge < -0.3 is 4.74 Å². The number of hydrogen-bond donors (Lipinski definition) is 0. The van der Waals surface area contributed by atoms with E-state index < -0.39 is 0 Å². The highest BCUT2D eigenvalue weighted by Gasteiger charge is 2.16. The lowest BCUT2D eigenvalue weighted by Gasteiger charge is -2.07. The van der Waals surface area contributed by atoms with E-state index in [4.69, 9.17) is 4.74 Å². The molecule has 0 spiro atoms. The maximum absolute atomic E-state index is 5.61. The lowest BCUT2D eigenvalue weighted by Crippen LogP contribution is -2.08. The summed E-state index contributed by atoms with van der Waals surface area (Å²) in [5.74, 6) is 1.01. The zero-order valence-electron chi connectivity index (χ0n) is 9.00. The molecular weight excluding hydrogens is 220 g/mol. The van der Waals surface area contributed by atoms with Crippen molar-refractivity contribution in [2.75, 3.05) is 12.4 Å². The average molecular weight is 234 g/mol. The highest BCUT2D eigenvalue weighted by Crippen LogP contribution is 2.23. The van der Waals surface area contributed by atoms with Gasteiger partial charge in [0.15, 0.2) is 5.16 Å². The molecule has 0 radical (unpaired) electrons. The van der Waals surface area contributed by atoms with Crippen molar-refractivity contribution in [3.63, 3.8) is 0 Å². The van der Waals surface area contributed by atoms with Crippen molar-refractivity contribution in [1.29, 1.82) is 0 Å². The molecule has 16 heavy (non-hydrogen) atoms. The first-order valence-corrected chi connectivity index (χ1v) is 6.58. The summed E-state index contributed by atoms with van der Waals surface area (Å²) >= 11 is 1.78. The third-order valence-corrected chi connectivity index (χ3v) is 3.93. The molecule has 0 aliphatic carbocycles. The molecule has 0 amide bonds. The van der Waals surface area contributed by atoms with Gasteiger partial charge in [-0.1, -0.05) is 17.8 Å². The van der Waals surface area contributed by atoms with E-state index >= 15 is 0 Å². The van der Waals surface area contributed by atoms with E-state index in [0.29, 0.717) is 6.10 Å². The second-order valence-corrected chi connectivity index (χ2v) is 4.97. The summed E-state index contributed by atoms with van der Waals surface area (Å²) in [7, 11) is 0. The minimum atomic E-state index is 0.418. The largest absolute Gasteiger partial charge is 0.377 e. The number of nitrogens with zero attached hydrogens (tertiary/aromatic N) is 2. The first-order chi connectivity index (χ1) is 7.93. The highest BCUT2D eigenvalue weighted by molar-refractivity contribution is 7.99. The lowest BCUT2D eigenvalue weighted by molar-refractivity contribution is 0.129. The third kappa shape index (κ3) is 1.95. The van der Waals surface area contributed by atoms with Crippen LogP contribution in [0.15, 0.2) is 35.7 Å². The van der Waals surface area contributed by atoms with E-state index in [1.54, 1.807) is 11.8 Å². The average Bonchev–Trinajstić information content (AvgIpc) is 2.96. The van der Waals surface area contributed by atoms with Gasteiger partial charge in [0, 0.05) is 18.6 Å². The monoisotopic (exact) mass is 234 g/mol. The summed E-state index contributed by atoms with van der Waals surface area (Å²) in [5.41, 5.74) is 1.15. The van der Waals surface area contributed by atoms with Crippen molar-refractivity contribution < 1.29 is 4.74 Å². The molecule has 1 unspecified atom stereocenters. The number of pyridine rings is 1. The summed E-state index contributed by atoms with van der Waals surface area (Å²) in [6, 6.07) is 6.14. The van der Waals surface area contributed by atoms with Gasteiger partial charge in [-0.05, 0) is 25.0 Å². The lowest BCUT2D eigenvalue weighted by atomic mass is 10.3. The zero-order valence-corrected chi connectivity index (χ0v) is 9.82. The Morgan fingerprint density at radius 1 is 1.50 bits per heavy atom. The molecule has 0 N–H and O–H groups in total. The van der Waals surface area contributed by atoms with E-state index in [1.807, 2.05) is 18.3 Å². The van der Waals surface area contributed by atoms with Crippen LogP contribution in [0, 0.1) is 0 Å². The van der Waals surface area contributed by atoms with E-state index in [-0.39, 0.29) is 0 Å². The van der Waals surface area contributed by atoms with Gasteiger partial charge in [0.05, 0.1) is 17.8 Å². The quantitative estimate of drug-likeness (QED) is 0.764. The molecule has 1 fully saturated rings. The van der Waals surface area contributed by atoms with Crippen LogP contribution < -0.4 is 0 Å². The number of aromatic nitrogens is 2. The molecular formula is C12H14N2OS. The van der Waals surface area contributed by atoms with Crippen LogP contribution in [0.1, 0.15) is 12.8 Å². The smallest absolute Gasteiger partial charge is 0.172 e. The first-order valence-electron chi connectivity index (χ1n) is 5.60. The van der Waals surface area contributed by atoms with Gasteiger partial charge in [0.25, 0.3) is 0 Å². The molecule has 4 heteroatoms. The number of imidazole rings is 1. The van der Waals surface area contributed by atoms with Crippen molar-refractivity contribution in [2.24, 2.45) is 0 Å². The molecule has 3 heterocycles. The van der Waals surface area contributed by atoms with Crippen LogP contribution in [0.25, 0.3) is 5.52 Å². The molecule has 1 aliphatic rings. The topological polar surface area (TPSA) is 26.5 Å². The maximum Gasteiger partial charge on any atom is 0.172 e. The van der Waals surface area contributed by atoms with Gasteiger partial charge in [0.1, 0.15) is 0 Å². The fraction of sp³-hybridized carbons (Fsp3) is 0.417.